The second-order valence-corrected chi connectivity index (χ2v) is 9.53. The summed E-state index contributed by atoms with van der Waals surface area (Å²) in [5.41, 5.74) is 0. The van der Waals surface area contributed by atoms with E-state index in [0.717, 1.165) is 12.8 Å². The number of carbonyl (C=O) groups is 1. The van der Waals surface area contributed by atoms with Crippen LogP contribution in [-0.4, -0.2) is 65.1 Å². The molecule has 0 heterocycles. The number of likely N-dealkylation sites (N-methyl/N-ethyl adjacent to an activating group) is 1. The first kappa shape index (κ1) is 26.5. The number of hydrogen-bond donors (Lipinski definition) is 0. The molecule has 0 spiro atoms. The second kappa shape index (κ2) is 15.5. The molecule has 0 aliphatic rings. The summed E-state index contributed by atoms with van der Waals surface area (Å²) in [7, 11) is 3.82. The summed E-state index contributed by atoms with van der Waals surface area (Å²) in [5, 5.41) is 0. The van der Waals surface area contributed by atoms with Gasteiger partial charge in [-0.2, -0.15) is 0 Å². The quantitative estimate of drug-likeness (QED) is 0.143. The maximum Gasteiger partial charge on any atom is 0.474 e. The molecule has 0 aromatic rings. The molecule has 0 N–H and O–H groups in total. The third-order valence-electron chi connectivity index (χ3n) is 4.02. The van der Waals surface area contributed by atoms with Crippen molar-refractivity contribution >= 4 is 13.8 Å². The lowest BCUT2D eigenvalue weighted by Crippen LogP contribution is -2.37. The van der Waals surface area contributed by atoms with E-state index in [0.29, 0.717) is 23.9 Å². The standard InChI is InChI=1S/C19H41NO6P/c1-6-7-8-9-10-11-12-14-19(21)24-16-13-17-25-27(22,23-5)26-18-15-20(2,3)4/h6-18H2,1-5H3/q+1. The number of hydrogen-bond acceptors (Lipinski definition) is 6. The Labute approximate surface area is 165 Å². The topological polar surface area (TPSA) is 71.1 Å². The Balaban J connectivity index is 3.69. The largest absolute Gasteiger partial charge is 0.474 e. The average molecular weight is 411 g/mol. The number of quaternary nitrogens is 1. The third kappa shape index (κ3) is 17.4. The smallest absolute Gasteiger partial charge is 0.466 e. The monoisotopic (exact) mass is 410 g/mol. The number of phosphoric acid groups is 1. The van der Waals surface area contributed by atoms with Gasteiger partial charge in [-0.15, -0.1) is 0 Å². The number of phosphoric ester groups is 1. The Hall–Kier alpha value is -0.460. The SMILES string of the molecule is CCCCCCCCCC(=O)OCCCOP(=O)(OC)OCC[N+](C)(C)C. The number of rotatable bonds is 18. The van der Waals surface area contributed by atoms with Crippen molar-refractivity contribution in [3.63, 3.8) is 0 Å². The maximum absolute atomic E-state index is 12.3. The number of ether oxygens (including phenoxy) is 1. The van der Waals surface area contributed by atoms with Gasteiger partial charge in [0.2, 0.25) is 0 Å². The fourth-order valence-corrected chi connectivity index (χ4v) is 3.23. The third-order valence-corrected chi connectivity index (χ3v) is 5.47. The van der Waals surface area contributed by atoms with Gasteiger partial charge in [0.25, 0.3) is 0 Å². The van der Waals surface area contributed by atoms with Crippen LogP contribution in [0.1, 0.15) is 64.7 Å². The summed E-state index contributed by atoms with van der Waals surface area (Å²) in [6, 6.07) is 0. The molecule has 8 heteroatoms. The fourth-order valence-electron chi connectivity index (χ4n) is 2.29. The lowest BCUT2D eigenvalue weighted by atomic mass is 10.1. The van der Waals surface area contributed by atoms with Gasteiger partial charge in [-0.3, -0.25) is 18.4 Å². The van der Waals surface area contributed by atoms with Crippen LogP contribution >= 0.6 is 7.82 Å². The lowest BCUT2D eigenvalue weighted by molar-refractivity contribution is -0.870. The first-order valence-corrected chi connectivity index (χ1v) is 11.6. The number of nitrogens with zero attached hydrogens (tertiary/aromatic N) is 1. The lowest BCUT2D eigenvalue weighted by Gasteiger charge is -2.24. The Morgan fingerprint density at radius 2 is 1.44 bits per heavy atom. The zero-order chi connectivity index (χ0) is 20.6. The molecule has 0 aliphatic carbocycles. The Morgan fingerprint density at radius 3 is 2.04 bits per heavy atom. The van der Waals surface area contributed by atoms with E-state index in [4.69, 9.17) is 18.3 Å². The molecule has 0 bridgehead atoms. The van der Waals surface area contributed by atoms with Crippen LogP contribution in [0.15, 0.2) is 0 Å². The van der Waals surface area contributed by atoms with Crippen LogP contribution in [0.2, 0.25) is 0 Å². The van der Waals surface area contributed by atoms with E-state index < -0.39 is 7.82 Å². The predicted molar refractivity (Wildman–Crippen MR) is 108 cm³/mol. The van der Waals surface area contributed by atoms with E-state index in [2.05, 4.69) is 6.92 Å². The number of unbranched alkanes of at least 4 members (excludes halogenated alkanes) is 6. The summed E-state index contributed by atoms with van der Waals surface area (Å²) in [6.07, 6.45) is 9.11. The van der Waals surface area contributed by atoms with Crippen LogP contribution in [0.5, 0.6) is 0 Å². The van der Waals surface area contributed by atoms with E-state index in [9.17, 15) is 9.36 Å². The van der Waals surface area contributed by atoms with Gasteiger partial charge < -0.3 is 9.22 Å². The van der Waals surface area contributed by atoms with Crippen molar-refractivity contribution < 1.29 is 32.2 Å². The minimum atomic E-state index is -3.53. The molecule has 0 aromatic heterocycles. The van der Waals surface area contributed by atoms with Crippen LogP contribution in [0.25, 0.3) is 0 Å². The van der Waals surface area contributed by atoms with Crippen LogP contribution in [0.4, 0.5) is 0 Å². The van der Waals surface area contributed by atoms with Crippen LogP contribution in [0.3, 0.4) is 0 Å². The molecule has 0 aliphatic heterocycles. The normalized spacial score (nSPS) is 14.1. The average Bonchev–Trinajstić information content (AvgIpc) is 2.59. The fraction of sp³-hybridized carbons (Fsp3) is 0.947. The molecule has 0 rings (SSSR count). The van der Waals surface area contributed by atoms with Gasteiger partial charge in [0.1, 0.15) is 13.2 Å². The number of esters is 1. The molecule has 27 heavy (non-hydrogen) atoms. The van der Waals surface area contributed by atoms with E-state index in [1.807, 2.05) is 21.1 Å². The van der Waals surface area contributed by atoms with Gasteiger partial charge in [-0.25, -0.2) is 4.57 Å². The van der Waals surface area contributed by atoms with Crippen LogP contribution in [-0.2, 0) is 27.7 Å². The summed E-state index contributed by atoms with van der Waals surface area (Å²) < 4.78 is 33.5. The van der Waals surface area contributed by atoms with E-state index in [-0.39, 0.29) is 25.8 Å². The first-order chi connectivity index (χ1) is 12.7. The second-order valence-electron chi connectivity index (χ2n) is 7.76. The molecule has 7 nitrogen and oxygen atoms in total. The van der Waals surface area contributed by atoms with Gasteiger partial charge in [0, 0.05) is 20.0 Å². The van der Waals surface area contributed by atoms with E-state index in [1.165, 1.54) is 39.2 Å². The molecule has 0 saturated carbocycles. The summed E-state index contributed by atoms with van der Waals surface area (Å²) in [5.74, 6) is -0.183. The minimum Gasteiger partial charge on any atom is -0.466 e. The Morgan fingerprint density at radius 1 is 0.852 bits per heavy atom. The zero-order valence-electron chi connectivity index (χ0n) is 18.0. The molecule has 0 amide bonds. The van der Waals surface area contributed by atoms with Gasteiger partial charge in [-0.05, 0) is 6.42 Å². The molecular formula is C19H41NO6P+. The minimum absolute atomic E-state index is 0.153. The highest BCUT2D eigenvalue weighted by atomic mass is 31.2. The molecule has 1 atom stereocenters. The maximum atomic E-state index is 12.3. The van der Waals surface area contributed by atoms with Gasteiger partial charge in [0.15, 0.2) is 0 Å². The Kier molecular flexibility index (Phi) is 15.2. The van der Waals surface area contributed by atoms with Gasteiger partial charge in [0.05, 0.1) is 34.4 Å². The summed E-state index contributed by atoms with van der Waals surface area (Å²) in [4.78, 5) is 11.7. The predicted octanol–water partition coefficient (Wildman–Crippen LogP) is 4.55. The van der Waals surface area contributed by atoms with Crippen molar-refractivity contribution in [1.29, 1.82) is 0 Å². The van der Waals surface area contributed by atoms with Crippen molar-refractivity contribution in [2.75, 3.05) is 54.6 Å². The molecule has 0 aromatic carbocycles. The zero-order valence-corrected chi connectivity index (χ0v) is 18.9. The van der Waals surface area contributed by atoms with E-state index >= 15 is 0 Å². The molecular weight excluding hydrogens is 369 g/mol. The Bertz CT molecular complexity index is 425. The van der Waals surface area contributed by atoms with Crippen molar-refractivity contribution in [1.82, 2.24) is 0 Å². The molecule has 0 radical (unpaired) electrons. The molecule has 162 valence electrons. The molecule has 0 saturated heterocycles. The highest BCUT2D eigenvalue weighted by molar-refractivity contribution is 7.48. The highest BCUT2D eigenvalue weighted by Gasteiger charge is 2.25. The first-order valence-electron chi connectivity index (χ1n) is 10.1. The highest BCUT2D eigenvalue weighted by Crippen LogP contribution is 2.48. The number of carbonyl (C=O) groups excluding carboxylic acids is 1. The van der Waals surface area contributed by atoms with E-state index in [1.54, 1.807) is 0 Å². The summed E-state index contributed by atoms with van der Waals surface area (Å²) in [6.45, 7) is 3.57. The molecule has 1 unspecified atom stereocenters. The van der Waals surface area contributed by atoms with Gasteiger partial charge in [-0.1, -0.05) is 45.4 Å². The van der Waals surface area contributed by atoms with Gasteiger partial charge >= 0.3 is 13.8 Å². The van der Waals surface area contributed by atoms with Crippen molar-refractivity contribution in [3.8, 4) is 0 Å². The van der Waals surface area contributed by atoms with Crippen LogP contribution < -0.4 is 0 Å². The van der Waals surface area contributed by atoms with Crippen LogP contribution in [0, 0.1) is 0 Å². The van der Waals surface area contributed by atoms with Crippen molar-refractivity contribution in [2.45, 2.75) is 64.7 Å². The van der Waals surface area contributed by atoms with Crippen molar-refractivity contribution in [3.05, 3.63) is 0 Å². The summed E-state index contributed by atoms with van der Waals surface area (Å²) >= 11 is 0. The molecule has 0 fully saturated rings. The van der Waals surface area contributed by atoms with Crippen molar-refractivity contribution in [2.24, 2.45) is 0 Å².